The number of halogens is 2. The molecule has 4 aromatic rings. The Morgan fingerprint density at radius 1 is 1.08 bits per heavy atom. The predicted octanol–water partition coefficient (Wildman–Crippen LogP) is 4.66. The summed E-state index contributed by atoms with van der Waals surface area (Å²) < 4.78 is 57.7. The number of fused-ring (bicyclic) bond motifs is 5. The summed E-state index contributed by atoms with van der Waals surface area (Å²) in [7, 11) is -3.13. The van der Waals surface area contributed by atoms with Gasteiger partial charge in [-0.2, -0.15) is 5.10 Å². The third-order valence-electron chi connectivity index (χ3n) is 8.17. The van der Waals surface area contributed by atoms with Crippen LogP contribution in [0, 0.1) is 17.0 Å². The standard InChI is InChI=1S/C27H25F2N5O3S/c1-26(2)17-7-9-27(26,24-16(17)11-20(33-34-24)23-18(28)5-4-6-19(23)29)22-13-30-12-21(32-22)25-31-15(14-37-25)8-10-38(3,35)36/h4-6,11-14,17H,7-10H2,1-3H3/t17-,27-/m0/s1. The zero-order valence-corrected chi connectivity index (χ0v) is 21.9. The van der Waals surface area contributed by atoms with Crippen LogP contribution in [0.1, 0.15) is 55.3 Å². The van der Waals surface area contributed by atoms with Crippen LogP contribution in [0.15, 0.2) is 47.3 Å². The highest BCUT2D eigenvalue weighted by atomic mass is 32.2. The summed E-state index contributed by atoms with van der Waals surface area (Å²) in [5.74, 6) is -1.05. The molecule has 0 amide bonds. The first-order valence-corrected chi connectivity index (χ1v) is 14.3. The minimum absolute atomic E-state index is 0.0302. The van der Waals surface area contributed by atoms with Crippen LogP contribution in [0.5, 0.6) is 0 Å². The maximum Gasteiger partial charge on any atom is 0.246 e. The second-order valence-corrected chi connectivity index (χ2v) is 12.9. The molecule has 11 heteroatoms. The molecule has 1 saturated carbocycles. The summed E-state index contributed by atoms with van der Waals surface area (Å²) in [5, 5.41) is 8.81. The van der Waals surface area contributed by atoms with Gasteiger partial charge in [0.2, 0.25) is 5.89 Å². The third kappa shape index (κ3) is 3.66. The Labute approximate surface area is 218 Å². The quantitative estimate of drug-likeness (QED) is 0.349. The lowest BCUT2D eigenvalue weighted by Gasteiger charge is -2.37. The highest BCUT2D eigenvalue weighted by molar-refractivity contribution is 7.90. The van der Waals surface area contributed by atoms with Crippen molar-refractivity contribution in [3.63, 3.8) is 0 Å². The molecular weight excluding hydrogens is 512 g/mol. The van der Waals surface area contributed by atoms with E-state index in [-0.39, 0.29) is 40.7 Å². The minimum Gasteiger partial charge on any atom is -0.443 e. The highest BCUT2D eigenvalue weighted by Crippen LogP contribution is 2.69. The van der Waals surface area contributed by atoms with Gasteiger partial charge in [-0.15, -0.1) is 5.10 Å². The number of rotatable bonds is 6. The van der Waals surface area contributed by atoms with Crippen molar-refractivity contribution in [2.24, 2.45) is 5.41 Å². The van der Waals surface area contributed by atoms with Gasteiger partial charge in [0.05, 0.1) is 45.7 Å². The number of sulfone groups is 1. The molecule has 196 valence electrons. The van der Waals surface area contributed by atoms with E-state index in [1.54, 1.807) is 18.5 Å². The van der Waals surface area contributed by atoms with Crippen LogP contribution in [0.2, 0.25) is 0 Å². The van der Waals surface area contributed by atoms with E-state index in [1.807, 2.05) is 0 Å². The molecule has 3 aromatic heterocycles. The first kappa shape index (κ1) is 24.7. The van der Waals surface area contributed by atoms with Gasteiger partial charge in [-0.1, -0.05) is 19.9 Å². The van der Waals surface area contributed by atoms with Crippen molar-refractivity contribution in [1.29, 1.82) is 0 Å². The van der Waals surface area contributed by atoms with E-state index in [0.29, 0.717) is 17.1 Å². The largest absolute Gasteiger partial charge is 0.443 e. The zero-order chi connectivity index (χ0) is 26.9. The number of hydrogen-bond donors (Lipinski definition) is 0. The number of hydrogen-bond acceptors (Lipinski definition) is 8. The average molecular weight is 538 g/mol. The van der Waals surface area contributed by atoms with Crippen molar-refractivity contribution in [3.05, 3.63) is 77.2 Å². The summed E-state index contributed by atoms with van der Waals surface area (Å²) in [4.78, 5) is 13.7. The van der Waals surface area contributed by atoms with Gasteiger partial charge in [0.1, 0.15) is 33.4 Å². The van der Waals surface area contributed by atoms with E-state index in [0.717, 1.165) is 24.1 Å². The molecule has 3 heterocycles. The van der Waals surface area contributed by atoms with Gasteiger partial charge >= 0.3 is 0 Å². The van der Waals surface area contributed by atoms with Crippen LogP contribution in [0.4, 0.5) is 8.78 Å². The SMILES string of the molecule is CC1(C)[C@H]2CC[C@]1(c1cncc(-c3nc(CCS(C)(=O)=O)co3)n1)c1nnc(-c3c(F)cccc3F)cc12. The molecular formula is C27H25F2N5O3S. The predicted molar refractivity (Wildman–Crippen MR) is 135 cm³/mol. The van der Waals surface area contributed by atoms with E-state index in [9.17, 15) is 17.2 Å². The Kier molecular flexibility index (Phi) is 5.50. The van der Waals surface area contributed by atoms with Crippen LogP contribution in [-0.2, 0) is 21.7 Å². The van der Waals surface area contributed by atoms with E-state index in [2.05, 4.69) is 34.0 Å². The number of benzene rings is 1. The van der Waals surface area contributed by atoms with Gasteiger partial charge in [-0.3, -0.25) is 4.98 Å². The maximum atomic E-state index is 14.5. The fourth-order valence-electron chi connectivity index (χ4n) is 6.26. The maximum absolute atomic E-state index is 14.5. The van der Waals surface area contributed by atoms with Gasteiger partial charge in [0.25, 0.3) is 0 Å². The fraction of sp³-hybridized carbons (Fsp3) is 0.370. The monoisotopic (exact) mass is 537 g/mol. The van der Waals surface area contributed by atoms with Crippen molar-refractivity contribution in [1.82, 2.24) is 25.1 Å². The second-order valence-electron chi connectivity index (χ2n) is 10.7. The Bertz CT molecular complexity index is 1670. The lowest BCUT2D eigenvalue weighted by molar-refractivity contribution is 0.242. The lowest BCUT2D eigenvalue weighted by Crippen LogP contribution is -2.38. The lowest BCUT2D eigenvalue weighted by atomic mass is 9.66. The van der Waals surface area contributed by atoms with Crippen LogP contribution >= 0.6 is 0 Å². The fourth-order valence-corrected chi connectivity index (χ4v) is 6.84. The second kappa shape index (κ2) is 8.45. The van der Waals surface area contributed by atoms with Gasteiger partial charge in [0.15, 0.2) is 0 Å². The Morgan fingerprint density at radius 3 is 2.58 bits per heavy atom. The first-order valence-electron chi connectivity index (χ1n) is 12.3. The molecule has 0 radical (unpaired) electrons. The molecule has 1 fully saturated rings. The summed E-state index contributed by atoms with van der Waals surface area (Å²) >= 11 is 0. The molecule has 0 spiro atoms. The number of nitrogens with zero attached hydrogens (tertiary/aromatic N) is 5. The molecule has 8 nitrogen and oxygen atoms in total. The molecule has 1 aromatic carbocycles. The van der Waals surface area contributed by atoms with Crippen molar-refractivity contribution in [2.45, 2.75) is 44.4 Å². The van der Waals surface area contributed by atoms with E-state index in [4.69, 9.17) is 9.40 Å². The average Bonchev–Trinajstić information content (AvgIpc) is 3.50. The van der Waals surface area contributed by atoms with Crippen LogP contribution in [-0.4, -0.2) is 45.6 Å². The highest BCUT2D eigenvalue weighted by Gasteiger charge is 2.65. The van der Waals surface area contributed by atoms with Gasteiger partial charge in [-0.25, -0.2) is 27.2 Å². The van der Waals surface area contributed by atoms with E-state index in [1.165, 1.54) is 30.7 Å². The van der Waals surface area contributed by atoms with Crippen LogP contribution in [0.25, 0.3) is 22.8 Å². The van der Waals surface area contributed by atoms with Crippen molar-refractivity contribution >= 4 is 9.84 Å². The normalized spacial score (nSPS) is 21.6. The van der Waals surface area contributed by atoms with E-state index >= 15 is 0 Å². The van der Waals surface area contributed by atoms with Crippen molar-refractivity contribution < 1.29 is 21.6 Å². The number of aromatic nitrogens is 5. The van der Waals surface area contributed by atoms with Crippen LogP contribution in [0.3, 0.4) is 0 Å². The number of oxazole rings is 1. The van der Waals surface area contributed by atoms with Crippen molar-refractivity contribution in [2.75, 3.05) is 12.0 Å². The molecule has 38 heavy (non-hydrogen) atoms. The Balaban J connectivity index is 1.41. The zero-order valence-electron chi connectivity index (χ0n) is 21.1. The first-order chi connectivity index (χ1) is 18.0. The molecule has 0 N–H and O–H groups in total. The van der Waals surface area contributed by atoms with Gasteiger partial charge in [-0.05, 0) is 47.9 Å². The van der Waals surface area contributed by atoms with Gasteiger partial charge in [0, 0.05) is 18.9 Å². The number of aryl methyl sites for hydroxylation is 1. The molecule has 2 atom stereocenters. The summed E-state index contributed by atoms with van der Waals surface area (Å²) in [6, 6.07) is 5.50. The smallest absolute Gasteiger partial charge is 0.246 e. The molecule has 2 bridgehead atoms. The molecule has 0 aliphatic heterocycles. The van der Waals surface area contributed by atoms with Crippen molar-refractivity contribution in [3.8, 4) is 22.8 Å². The third-order valence-corrected chi connectivity index (χ3v) is 9.12. The minimum atomic E-state index is -3.13. The van der Waals surface area contributed by atoms with Gasteiger partial charge < -0.3 is 4.42 Å². The topological polar surface area (TPSA) is 112 Å². The molecule has 0 unspecified atom stereocenters. The summed E-state index contributed by atoms with van der Waals surface area (Å²) in [6.07, 6.45) is 7.73. The molecule has 6 rings (SSSR count). The molecule has 2 aliphatic carbocycles. The summed E-state index contributed by atoms with van der Waals surface area (Å²) in [6.45, 7) is 4.30. The summed E-state index contributed by atoms with van der Waals surface area (Å²) in [5.41, 5.74) is 2.34. The molecule has 0 saturated heterocycles. The Hall–Kier alpha value is -3.60. The Morgan fingerprint density at radius 2 is 1.84 bits per heavy atom. The van der Waals surface area contributed by atoms with Crippen LogP contribution < -0.4 is 0 Å². The molecule has 2 aliphatic rings. The van der Waals surface area contributed by atoms with E-state index < -0.39 is 26.9 Å².